The van der Waals surface area contributed by atoms with Gasteiger partial charge in [-0.05, 0) is 102 Å². The Morgan fingerprint density at radius 1 is 0.848 bits per heavy atom. The summed E-state index contributed by atoms with van der Waals surface area (Å²) in [5, 5.41) is 10.3. The Bertz CT molecular complexity index is 1540. The van der Waals surface area contributed by atoms with Gasteiger partial charge in [-0.2, -0.15) is 13.2 Å². The Hall–Kier alpha value is -3.67. The number of carbonyl (C=O) groups is 1. The second kappa shape index (κ2) is 11.5. The fraction of sp³-hybridized carbons (Fsp3) is 0.529. The molecule has 0 radical (unpaired) electrons. The summed E-state index contributed by atoms with van der Waals surface area (Å²) in [6, 6.07) is 9.80. The zero-order valence-corrected chi connectivity index (χ0v) is 26.6. The molecule has 1 amide bonds. The van der Waals surface area contributed by atoms with E-state index in [1.165, 1.54) is 23.4 Å². The van der Waals surface area contributed by atoms with Gasteiger partial charge in [0.15, 0.2) is 0 Å². The van der Waals surface area contributed by atoms with Crippen molar-refractivity contribution in [3.05, 3.63) is 71.8 Å². The van der Waals surface area contributed by atoms with Gasteiger partial charge < -0.3 is 9.84 Å². The van der Waals surface area contributed by atoms with Crippen molar-refractivity contribution in [1.29, 1.82) is 0 Å². The van der Waals surface area contributed by atoms with E-state index in [4.69, 9.17) is 4.74 Å². The number of anilines is 1. The van der Waals surface area contributed by atoms with Crippen molar-refractivity contribution < 1.29 is 36.6 Å². The molecule has 3 aromatic rings. The minimum Gasteiger partial charge on any atom is -0.433 e. The standard InChI is InChI=1S/C34H39F5N4O3/c1-29(2,45)23-6-8-25(41-19-23)22-10-17-40-27(18-22)43(28(44)46-30(3,4)34(37,38)39)21-32-11-14-33(15-12-32,16-13-32)26-9-7-24(20-42-26)31(5,35)36/h6-10,17-20,45H,11-16,21H2,1-5H3. The number of pyridine rings is 3. The molecule has 3 aliphatic carbocycles. The molecule has 248 valence electrons. The van der Waals surface area contributed by atoms with E-state index in [-0.39, 0.29) is 23.3 Å². The van der Waals surface area contributed by atoms with Gasteiger partial charge in [0.05, 0.1) is 11.3 Å². The summed E-state index contributed by atoms with van der Waals surface area (Å²) in [7, 11) is 0. The van der Waals surface area contributed by atoms with Crippen LogP contribution in [0.15, 0.2) is 55.0 Å². The number of halogens is 5. The highest BCUT2D eigenvalue weighted by molar-refractivity contribution is 5.87. The van der Waals surface area contributed by atoms with E-state index in [0.29, 0.717) is 55.3 Å². The first-order chi connectivity index (χ1) is 21.2. The molecule has 3 aromatic heterocycles. The van der Waals surface area contributed by atoms with Crippen molar-refractivity contribution in [2.45, 2.75) is 102 Å². The number of carbonyl (C=O) groups excluding carboxylic acids is 1. The van der Waals surface area contributed by atoms with Crippen LogP contribution in [0, 0.1) is 5.41 Å². The highest BCUT2D eigenvalue weighted by Crippen LogP contribution is 2.58. The zero-order valence-electron chi connectivity index (χ0n) is 26.6. The molecule has 1 N–H and O–H groups in total. The molecule has 0 atom stereocenters. The van der Waals surface area contributed by atoms with Crippen molar-refractivity contribution >= 4 is 11.9 Å². The molecule has 0 aromatic carbocycles. The number of rotatable bonds is 8. The van der Waals surface area contributed by atoms with E-state index in [9.17, 15) is 31.9 Å². The minimum absolute atomic E-state index is 0.0891. The molecule has 46 heavy (non-hydrogen) atoms. The summed E-state index contributed by atoms with van der Waals surface area (Å²) < 4.78 is 74.0. The fourth-order valence-electron chi connectivity index (χ4n) is 6.41. The molecule has 3 saturated carbocycles. The number of nitrogens with zero attached hydrogens (tertiary/aromatic N) is 4. The van der Waals surface area contributed by atoms with Crippen molar-refractivity contribution in [2.24, 2.45) is 5.41 Å². The molecule has 0 unspecified atom stereocenters. The molecule has 3 fully saturated rings. The first-order valence-corrected chi connectivity index (χ1v) is 15.3. The maximum Gasteiger partial charge on any atom is 0.427 e. The van der Waals surface area contributed by atoms with Gasteiger partial charge in [-0.25, -0.2) is 18.6 Å². The van der Waals surface area contributed by atoms with Crippen molar-refractivity contribution in [2.75, 3.05) is 11.4 Å². The summed E-state index contributed by atoms with van der Waals surface area (Å²) >= 11 is 0. The fourth-order valence-corrected chi connectivity index (χ4v) is 6.41. The van der Waals surface area contributed by atoms with Crippen molar-refractivity contribution in [3.63, 3.8) is 0 Å². The third-order valence-corrected chi connectivity index (χ3v) is 9.74. The van der Waals surface area contributed by atoms with Crippen LogP contribution in [-0.2, 0) is 21.7 Å². The highest BCUT2D eigenvalue weighted by atomic mass is 19.4. The summed E-state index contributed by atoms with van der Waals surface area (Å²) in [5.41, 5.74) is -2.22. The molecular weight excluding hydrogens is 607 g/mol. The number of alkyl halides is 5. The topological polar surface area (TPSA) is 88.4 Å². The van der Waals surface area contributed by atoms with Crippen molar-refractivity contribution in [1.82, 2.24) is 15.0 Å². The van der Waals surface area contributed by atoms with Crippen LogP contribution in [0.3, 0.4) is 0 Å². The van der Waals surface area contributed by atoms with Crippen LogP contribution in [0.1, 0.15) is 90.0 Å². The number of aliphatic hydroxyl groups is 1. The first-order valence-electron chi connectivity index (χ1n) is 15.3. The number of fused-ring (bicyclic) bond motifs is 3. The van der Waals surface area contributed by atoms with E-state index in [2.05, 4.69) is 15.0 Å². The van der Waals surface area contributed by atoms with Gasteiger partial charge in [0.25, 0.3) is 5.92 Å². The number of hydrogen-bond donors (Lipinski definition) is 1. The second-order valence-corrected chi connectivity index (χ2v) is 14.0. The lowest BCUT2D eigenvalue weighted by molar-refractivity contribution is -0.243. The molecule has 0 saturated heterocycles. The summed E-state index contributed by atoms with van der Waals surface area (Å²) in [6.07, 6.45) is 2.35. The Morgan fingerprint density at radius 2 is 1.46 bits per heavy atom. The zero-order chi connectivity index (χ0) is 33.8. The maximum absolute atomic E-state index is 13.8. The summed E-state index contributed by atoms with van der Waals surface area (Å²) in [4.78, 5) is 28.0. The molecule has 3 heterocycles. The average molecular weight is 647 g/mol. The largest absolute Gasteiger partial charge is 0.433 e. The number of aromatic nitrogens is 3. The van der Waals surface area contributed by atoms with Gasteiger partial charge in [0.1, 0.15) is 5.82 Å². The molecule has 6 rings (SSSR count). The first kappa shape index (κ1) is 33.7. The van der Waals surface area contributed by atoms with Gasteiger partial charge in [-0.3, -0.25) is 14.9 Å². The van der Waals surface area contributed by atoms with Crippen LogP contribution in [0.4, 0.5) is 32.6 Å². The SMILES string of the molecule is CC(C)(O)c1ccc(-c2ccnc(N(CC34CCC(c5ccc(C(C)(F)F)cn5)(CC3)CC4)C(=O)OC(C)(C)C(F)(F)F)c2)nc1. The van der Waals surface area contributed by atoms with Crippen LogP contribution in [-0.4, -0.2) is 44.5 Å². The van der Waals surface area contributed by atoms with Gasteiger partial charge in [-0.15, -0.1) is 0 Å². The molecule has 0 aliphatic heterocycles. The predicted octanol–water partition coefficient (Wildman–Crippen LogP) is 8.45. The van der Waals surface area contributed by atoms with E-state index in [0.717, 1.165) is 26.5 Å². The summed E-state index contributed by atoms with van der Waals surface area (Å²) in [6.45, 7) is 5.81. The quantitative estimate of drug-likeness (QED) is 0.247. The number of hydrogen-bond acceptors (Lipinski definition) is 6. The van der Waals surface area contributed by atoms with Crippen LogP contribution in [0.5, 0.6) is 0 Å². The number of amides is 1. The molecular formula is C34H39F5N4O3. The molecule has 3 aliphatic rings. The smallest absolute Gasteiger partial charge is 0.427 e. The molecule has 12 heteroatoms. The Morgan fingerprint density at radius 3 is 1.96 bits per heavy atom. The van der Waals surface area contributed by atoms with Crippen LogP contribution >= 0.6 is 0 Å². The Kier molecular flexibility index (Phi) is 8.45. The third kappa shape index (κ3) is 6.72. The second-order valence-electron chi connectivity index (χ2n) is 14.0. The van der Waals surface area contributed by atoms with Crippen molar-refractivity contribution in [3.8, 4) is 11.3 Å². The van der Waals surface area contributed by atoms with Crippen LogP contribution < -0.4 is 4.90 Å². The van der Waals surface area contributed by atoms with Gasteiger partial charge in [0, 0.05) is 59.9 Å². The molecule has 0 spiro atoms. The maximum atomic E-state index is 13.8. The van der Waals surface area contributed by atoms with Gasteiger partial charge in [-0.1, -0.05) is 6.07 Å². The lowest BCUT2D eigenvalue weighted by Crippen LogP contribution is -2.53. The van der Waals surface area contributed by atoms with E-state index in [1.807, 2.05) is 0 Å². The minimum atomic E-state index is -4.80. The van der Waals surface area contributed by atoms with E-state index >= 15 is 0 Å². The normalized spacial score (nSPS) is 22.1. The summed E-state index contributed by atoms with van der Waals surface area (Å²) in [5.74, 6) is -2.86. The van der Waals surface area contributed by atoms with E-state index in [1.54, 1.807) is 50.4 Å². The highest BCUT2D eigenvalue weighted by Gasteiger charge is 2.54. The lowest BCUT2D eigenvalue weighted by atomic mass is 9.52. The predicted molar refractivity (Wildman–Crippen MR) is 162 cm³/mol. The third-order valence-electron chi connectivity index (χ3n) is 9.74. The Labute approximate surface area is 265 Å². The number of ether oxygens (including phenoxy) is 1. The molecule has 2 bridgehead atoms. The van der Waals surface area contributed by atoms with E-state index < -0.39 is 34.8 Å². The monoisotopic (exact) mass is 646 g/mol. The van der Waals surface area contributed by atoms with Gasteiger partial charge >= 0.3 is 12.3 Å². The molecule has 7 nitrogen and oxygen atoms in total. The lowest BCUT2D eigenvalue weighted by Gasteiger charge is -2.54. The van der Waals surface area contributed by atoms with Gasteiger partial charge in [0.2, 0.25) is 5.60 Å². The van der Waals surface area contributed by atoms with Crippen LogP contribution in [0.25, 0.3) is 11.3 Å². The average Bonchev–Trinajstić information content (AvgIpc) is 2.99. The van der Waals surface area contributed by atoms with Crippen LogP contribution in [0.2, 0.25) is 0 Å². The Balaban J connectivity index is 1.42.